The number of likely N-dealkylation sites (tertiary alicyclic amines) is 1. The fourth-order valence-corrected chi connectivity index (χ4v) is 5.96. The number of piperidine rings is 1. The second-order valence-electron chi connectivity index (χ2n) is 12.6. The first-order valence-corrected chi connectivity index (χ1v) is 15.1. The van der Waals surface area contributed by atoms with Gasteiger partial charge in [-0.3, -0.25) is 9.58 Å². The fraction of sp³-hybridized carbons (Fsp3) is 0.394. The summed E-state index contributed by atoms with van der Waals surface area (Å²) in [5.74, 6) is -0.412. The molecule has 0 spiro atoms. The zero-order valence-corrected chi connectivity index (χ0v) is 26.4. The number of amides is 2. The molecule has 0 aliphatic carbocycles. The number of carbonyl (C=O) groups excluding carboxylic acids is 2. The Labute approximate surface area is 272 Å². The first-order valence-electron chi connectivity index (χ1n) is 15.1. The topological polar surface area (TPSA) is 99.0 Å². The number of pyridine rings is 1. The second-order valence-corrected chi connectivity index (χ2v) is 12.6. The number of rotatable bonds is 5. The van der Waals surface area contributed by atoms with E-state index < -0.39 is 53.7 Å². The van der Waals surface area contributed by atoms with E-state index >= 15 is 4.39 Å². The van der Waals surface area contributed by atoms with Crippen LogP contribution < -0.4 is 9.64 Å². The highest BCUT2D eigenvalue weighted by Gasteiger charge is 2.51. The summed E-state index contributed by atoms with van der Waals surface area (Å²) in [4.78, 5) is 32.1. The largest absolute Gasteiger partial charge is 0.497 e. The third-order valence-electron chi connectivity index (χ3n) is 8.12. The van der Waals surface area contributed by atoms with E-state index in [0.29, 0.717) is 11.3 Å². The zero-order chi connectivity index (χ0) is 34.5. The highest BCUT2D eigenvalue weighted by molar-refractivity contribution is 5.97. The Morgan fingerprint density at radius 3 is 2.46 bits per heavy atom. The number of nitrogens with zero attached hydrogens (tertiary/aromatic N) is 5. The molecule has 0 saturated carbocycles. The maximum absolute atomic E-state index is 15.8. The van der Waals surface area contributed by atoms with Gasteiger partial charge in [-0.1, -0.05) is 12.1 Å². The lowest BCUT2D eigenvalue weighted by Crippen LogP contribution is -2.47. The minimum atomic E-state index is -5.03. The molecule has 1 saturated heterocycles. The number of fused-ring (bicyclic) bond motifs is 2. The van der Waals surface area contributed by atoms with Crippen LogP contribution in [0.3, 0.4) is 0 Å². The van der Waals surface area contributed by atoms with Gasteiger partial charge in [0.1, 0.15) is 34.9 Å². The summed E-state index contributed by atoms with van der Waals surface area (Å²) in [5.41, 5.74) is -0.645. The number of anilines is 1. The van der Waals surface area contributed by atoms with E-state index in [1.807, 2.05) is 0 Å². The quantitative estimate of drug-likeness (QED) is 0.202. The molecule has 2 amide bonds. The first-order chi connectivity index (χ1) is 22.6. The Morgan fingerprint density at radius 2 is 1.81 bits per heavy atom. The van der Waals surface area contributed by atoms with Crippen LogP contribution in [0.15, 0.2) is 54.7 Å². The molecule has 254 valence electrons. The van der Waals surface area contributed by atoms with Crippen molar-refractivity contribution in [3.05, 3.63) is 71.7 Å². The molecule has 0 bridgehead atoms. The molecule has 3 atom stereocenters. The van der Waals surface area contributed by atoms with Crippen LogP contribution in [0, 0.1) is 5.82 Å². The van der Waals surface area contributed by atoms with Crippen LogP contribution in [0.4, 0.5) is 37.4 Å². The molecule has 6 rings (SSSR count). The normalized spacial score (nSPS) is 20.0. The lowest BCUT2D eigenvalue weighted by Gasteiger charge is -2.36. The average molecular weight is 674 g/mol. The molecule has 2 aromatic heterocycles. The Morgan fingerprint density at radius 1 is 1.08 bits per heavy atom. The van der Waals surface area contributed by atoms with E-state index in [2.05, 4.69) is 10.1 Å². The Kier molecular flexibility index (Phi) is 8.42. The minimum absolute atomic E-state index is 0.0120. The van der Waals surface area contributed by atoms with Gasteiger partial charge >= 0.3 is 18.4 Å². The number of cyclic esters (lactones) is 1. The van der Waals surface area contributed by atoms with Crippen LogP contribution in [0.1, 0.15) is 50.5 Å². The summed E-state index contributed by atoms with van der Waals surface area (Å²) < 4.78 is 90.9. The molecule has 0 unspecified atom stereocenters. The lowest BCUT2D eigenvalue weighted by molar-refractivity contribution is -0.207. The monoisotopic (exact) mass is 673 g/mol. The van der Waals surface area contributed by atoms with E-state index in [0.717, 1.165) is 17.0 Å². The van der Waals surface area contributed by atoms with Crippen molar-refractivity contribution in [2.45, 2.75) is 63.8 Å². The smallest absolute Gasteiger partial charge is 0.430 e. The van der Waals surface area contributed by atoms with Crippen molar-refractivity contribution < 1.29 is 45.8 Å². The lowest BCUT2D eigenvalue weighted by atomic mass is 9.97. The number of benzene rings is 2. The summed E-state index contributed by atoms with van der Waals surface area (Å²) in [6, 6.07) is 10.5. The van der Waals surface area contributed by atoms with E-state index in [9.17, 15) is 27.2 Å². The number of hydrogen-bond acceptors (Lipinski definition) is 7. The van der Waals surface area contributed by atoms with Crippen molar-refractivity contribution in [1.82, 2.24) is 19.7 Å². The molecule has 4 aromatic rings. The standard InChI is InChI=1S/C33H32F5N5O5/c1-32(2,3)48-30(44)41-14-12-24(23(35)17-41)43-25-15-19(34)7-10-21(25)27(40-43)22-11-13-39-29-26(22)28(33(36,37)38)47-31(45)42(29)16-18-5-8-20(46-4)9-6-18/h5-11,13,15,23-24,28H,12,14,16-17H2,1-4H3/t23-,24+,28+/m0/s1. The Hall–Kier alpha value is -4.95. The number of carbonyl (C=O) groups is 2. The Bertz CT molecular complexity index is 1860. The summed E-state index contributed by atoms with van der Waals surface area (Å²) in [6.45, 7) is 4.67. The predicted molar refractivity (Wildman–Crippen MR) is 164 cm³/mol. The highest BCUT2D eigenvalue weighted by Crippen LogP contribution is 2.48. The van der Waals surface area contributed by atoms with E-state index in [-0.39, 0.29) is 54.0 Å². The first kappa shape index (κ1) is 33.0. The maximum Gasteiger partial charge on any atom is 0.430 e. The minimum Gasteiger partial charge on any atom is -0.497 e. The number of hydrogen-bond donors (Lipinski definition) is 0. The molecule has 4 heterocycles. The van der Waals surface area contributed by atoms with Gasteiger partial charge in [0.25, 0.3) is 0 Å². The van der Waals surface area contributed by atoms with E-state index in [4.69, 9.17) is 14.2 Å². The average Bonchev–Trinajstić information content (AvgIpc) is 3.39. The summed E-state index contributed by atoms with van der Waals surface area (Å²) in [6.07, 6.45) is -10.0. The van der Waals surface area contributed by atoms with Crippen LogP contribution in [0.2, 0.25) is 0 Å². The number of ether oxygens (including phenoxy) is 3. The van der Waals surface area contributed by atoms with E-state index in [1.165, 1.54) is 35.0 Å². The molecular weight excluding hydrogens is 641 g/mol. The van der Waals surface area contributed by atoms with Crippen LogP contribution in [0.5, 0.6) is 5.75 Å². The molecule has 2 aliphatic rings. The molecule has 0 radical (unpaired) electrons. The molecule has 48 heavy (non-hydrogen) atoms. The van der Waals surface area contributed by atoms with Gasteiger partial charge in [0.2, 0.25) is 6.10 Å². The van der Waals surface area contributed by atoms with Crippen LogP contribution in [-0.2, 0) is 16.0 Å². The SMILES string of the molecule is COc1ccc(CN2C(=O)O[C@@H](C(F)(F)F)c3c(-c4nn([C@@H]5CCN(C(=O)OC(C)(C)C)C[C@@H]5F)c5cc(F)ccc45)ccnc32)cc1. The molecular formula is C33H32F5N5O5. The number of aromatic nitrogens is 3. The van der Waals surface area contributed by atoms with Crippen molar-refractivity contribution in [2.24, 2.45) is 0 Å². The number of alkyl halides is 4. The van der Waals surface area contributed by atoms with Crippen molar-refractivity contribution >= 4 is 28.9 Å². The molecule has 0 N–H and O–H groups in total. The molecule has 10 nitrogen and oxygen atoms in total. The van der Waals surface area contributed by atoms with E-state index in [1.54, 1.807) is 45.0 Å². The summed E-state index contributed by atoms with van der Waals surface area (Å²) in [5, 5.41) is 4.82. The maximum atomic E-state index is 15.8. The van der Waals surface area contributed by atoms with Gasteiger partial charge in [-0.2, -0.15) is 18.3 Å². The third kappa shape index (κ3) is 6.32. The fourth-order valence-electron chi connectivity index (χ4n) is 5.96. The predicted octanol–water partition coefficient (Wildman–Crippen LogP) is 7.53. The molecule has 2 aliphatic heterocycles. The van der Waals surface area contributed by atoms with Crippen molar-refractivity contribution in [1.29, 1.82) is 0 Å². The molecule has 1 fully saturated rings. The van der Waals surface area contributed by atoms with Crippen molar-refractivity contribution in [3.63, 3.8) is 0 Å². The zero-order valence-electron chi connectivity index (χ0n) is 26.4. The molecule has 2 aromatic carbocycles. The van der Waals surface area contributed by atoms with Crippen molar-refractivity contribution in [2.75, 3.05) is 25.1 Å². The van der Waals surface area contributed by atoms with Gasteiger partial charge in [0.05, 0.1) is 37.3 Å². The third-order valence-corrected chi connectivity index (χ3v) is 8.12. The second kappa shape index (κ2) is 12.3. The van der Waals surface area contributed by atoms with Crippen LogP contribution in [0.25, 0.3) is 22.2 Å². The molecule has 15 heteroatoms. The number of halogens is 5. The number of methoxy groups -OCH3 is 1. The Balaban J connectivity index is 1.44. The highest BCUT2D eigenvalue weighted by atomic mass is 19.4. The van der Waals surface area contributed by atoms with Gasteiger partial charge in [-0.25, -0.2) is 23.4 Å². The van der Waals surface area contributed by atoms with Gasteiger partial charge < -0.3 is 19.1 Å². The van der Waals surface area contributed by atoms with Gasteiger partial charge in [-0.15, -0.1) is 0 Å². The summed E-state index contributed by atoms with van der Waals surface area (Å²) >= 11 is 0. The van der Waals surface area contributed by atoms with Gasteiger partial charge in [0, 0.05) is 23.7 Å². The van der Waals surface area contributed by atoms with Gasteiger partial charge in [0.15, 0.2) is 0 Å². The van der Waals surface area contributed by atoms with Crippen LogP contribution >= 0.6 is 0 Å². The van der Waals surface area contributed by atoms with Crippen molar-refractivity contribution in [3.8, 4) is 17.0 Å². The summed E-state index contributed by atoms with van der Waals surface area (Å²) in [7, 11) is 1.48. The van der Waals surface area contributed by atoms with Gasteiger partial charge in [-0.05, 0) is 69.2 Å². The van der Waals surface area contributed by atoms with Crippen LogP contribution in [-0.4, -0.2) is 70.0 Å².